The van der Waals surface area contributed by atoms with Crippen molar-refractivity contribution >= 4 is 16.9 Å². The highest BCUT2D eigenvalue weighted by atomic mass is 16.5. The van der Waals surface area contributed by atoms with Crippen molar-refractivity contribution < 1.29 is 14.3 Å². The van der Waals surface area contributed by atoms with Crippen LogP contribution in [0.15, 0.2) is 24.3 Å². The van der Waals surface area contributed by atoms with Gasteiger partial charge in [0.1, 0.15) is 5.75 Å². The Hall–Kier alpha value is -3.09. The quantitative estimate of drug-likeness (QED) is 0.679. The maximum atomic E-state index is 12.5. The molecule has 2 aliphatic carbocycles. The number of hydrogen-bond donors (Lipinski definition) is 1. The molecule has 1 N–H and O–H groups in total. The van der Waals surface area contributed by atoms with E-state index in [0.717, 1.165) is 46.4 Å². The summed E-state index contributed by atoms with van der Waals surface area (Å²) in [5, 5.41) is 8.86. The van der Waals surface area contributed by atoms with Crippen LogP contribution in [0.3, 0.4) is 0 Å². The predicted octanol–water partition coefficient (Wildman–Crippen LogP) is 3.35. The van der Waals surface area contributed by atoms with Crippen molar-refractivity contribution in [2.45, 2.75) is 44.6 Å². The number of pyridine rings is 1. The highest BCUT2D eigenvalue weighted by Gasteiger charge is 2.30. The summed E-state index contributed by atoms with van der Waals surface area (Å²) in [5.41, 5.74) is 5.42. The van der Waals surface area contributed by atoms with Crippen molar-refractivity contribution in [2.24, 2.45) is 7.05 Å². The first-order valence-electron chi connectivity index (χ1n) is 10.5. The van der Waals surface area contributed by atoms with E-state index in [0.29, 0.717) is 11.8 Å². The van der Waals surface area contributed by atoms with E-state index in [4.69, 9.17) is 9.47 Å². The van der Waals surface area contributed by atoms with Crippen LogP contribution in [-0.4, -0.2) is 34.4 Å². The lowest BCUT2D eigenvalue weighted by atomic mass is 10.1. The average molecular weight is 406 g/mol. The zero-order valence-electron chi connectivity index (χ0n) is 17.6. The normalized spacial score (nSPS) is 17.8. The summed E-state index contributed by atoms with van der Waals surface area (Å²) in [4.78, 5) is 17.1. The molecule has 0 radical (unpaired) electrons. The molecule has 2 aromatic heterocycles. The van der Waals surface area contributed by atoms with Crippen molar-refractivity contribution in [3.05, 3.63) is 46.6 Å². The molecule has 1 atom stereocenters. The Kier molecular flexibility index (Phi) is 4.60. The molecule has 30 heavy (non-hydrogen) atoms. The Bertz CT molecular complexity index is 1130. The van der Waals surface area contributed by atoms with Crippen LogP contribution in [-0.2, 0) is 18.3 Å². The van der Waals surface area contributed by atoms with Crippen molar-refractivity contribution in [3.63, 3.8) is 0 Å². The number of benzene rings is 1. The molecule has 5 rings (SSSR count). The fraction of sp³-hybridized carbons (Fsp3) is 0.435. The smallest absolute Gasteiger partial charge is 0.258 e. The molecule has 3 aromatic rings. The Morgan fingerprint density at radius 1 is 1.27 bits per heavy atom. The van der Waals surface area contributed by atoms with Gasteiger partial charge in [0.25, 0.3) is 5.91 Å². The van der Waals surface area contributed by atoms with Crippen LogP contribution in [0.1, 0.15) is 53.6 Å². The monoisotopic (exact) mass is 406 g/mol. The Balaban J connectivity index is 1.26. The lowest BCUT2D eigenvalue weighted by molar-refractivity contribution is -0.123. The fourth-order valence-electron chi connectivity index (χ4n) is 4.40. The number of fused-ring (bicyclic) bond motifs is 2. The summed E-state index contributed by atoms with van der Waals surface area (Å²) in [6.07, 6.45) is 4.21. The topological polar surface area (TPSA) is 78.3 Å². The molecule has 156 valence electrons. The van der Waals surface area contributed by atoms with Gasteiger partial charge in [-0.2, -0.15) is 10.1 Å². The standard InChI is InChI=1S/C23H26N4O3/c1-13-10-20(25-23-21(13)22(14-4-5-14)26-27(23)2)30-12-19(28)24-18-9-6-15-11-16(29-3)7-8-17(15)18/h7-8,10-11,14,18H,4-6,9,12H2,1-3H3,(H,24,28)/t18-/m0/s1. The first kappa shape index (κ1) is 18.9. The van der Waals surface area contributed by atoms with E-state index in [2.05, 4.69) is 15.4 Å². The lowest BCUT2D eigenvalue weighted by Gasteiger charge is -2.15. The number of nitrogens with one attached hydrogen (secondary N) is 1. The van der Waals surface area contributed by atoms with Crippen LogP contribution in [0, 0.1) is 6.92 Å². The summed E-state index contributed by atoms with van der Waals surface area (Å²) in [6.45, 7) is 1.99. The van der Waals surface area contributed by atoms with Crippen molar-refractivity contribution in [1.29, 1.82) is 0 Å². The minimum Gasteiger partial charge on any atom is -0.497 e. The molecule has 2 heterocycles. The molecule has 0 spiro atoms. The number of rotatable bonds is 6. The number of amides is 1. The maximum Gasteiger partial charge on any atom is 0.258 e. The molecule has 0 aliphatic heterocycles. The first-order valence-corrected chi connectivity index (χ1v) is 10.5. The second kappa shape index (κ2) is 7.31. The number of aryl methyl sites for hydroxylation is 3. The zero-order valence-corrected chi connectivity index (χ0v) is 17.6. The number of methoxy groups -OCH3 is 1. The van der Waals surface area contributed by atoms with E-state index in [9.17, 15) is 4.79 Å². The van der Waals surface area contributed by atoms with Crippen molar-refractivity contribution in [3.8, 4) is 11.6 Å². The van der Waals surface area contributed by atoms with Gasteiger partial charge in [0.15, 0.2) is 12.3 Å². The van der Waals surface area contributed by atoms with Gasteiger partial charge in [0, 0.05) is 24.4 Å². The molecule has 7 nitrogen and oxygen atoms in total. The minimum atomic E-state index is -0.146. The maximum absolute atomic E-state index is 12.5. The van der Waals surface area contributed by atoms with Crippen LogP contribution in [0.5, 0.6) is 11.6 Å². The van der Waals surface area contributed by atoms with Gasteiger partial charge in [0.2, 0.25) is 5.88 Å². The van der Waals surface area contributed by atoms with Gasteiger partial charge in [-0.25, -0.2) is 0 Å². The van der Waals surface area contributed by atoms with Crippen LogP contribution < -0.4 is 14.8 Å². The van der Waals surface area contributed by atoms with Gasteiger partial charge < -0.3 is 14.8 Å². The number of aromatic nitrogens is 3. The Morgan fingerprint density at radius 2 is 2.10 bits per heavy atom. The second-order valence-corrected chi connectivity index (χ2v) is 8.27. The molecule has 0 unspecified atom stereocenters. The van der Waals surface area contributed by atoms with E-state index < -0.39 is 0 Å². The van der Waals surface area contributed by atoms with Crippen molar-refractivity contribution in [2.75, 3.05) is 13.7 Å². The first-order chi connectivity index (χ1) is 14.5. The molecule has 0 bridgehead atoms. The average Bonchev–Trinajstić information content (AvgIpc) is 3.43. The van der Waals surface area contributed by atoms with E-state index in [1.807, 2.05) is 42.9 Å². The number of carbonyl (C=O) groups is 1. The molecule has 1 amide bonds. The third-order valence-electron chi connectivity index (χ3n) is 6.07. The number of ether oxygens (including phenoxy) is 2. The largest absolute Gasteiger partial charge is 0.497 e. The Morgan fingerprint density at radius 3 is 2.87 bits per heavy atom. The van der Waals surface area contributed by atoms with E-state index in [1.165, 1.54) is 18.4 Å². The van der Waals surface area contributed by atoms with Crippen LogP contribution in [0.25, 0.3) is 11.0 Å². The van der Waals surface area contributed by atoms with E-state index >= 15 is 0 Å². The van der Waals surface area contributed by atoms with Gasteiger partial charge in [0.05, 0.1) is 18.8 Å². The SMILES string of the molecule is COc1ccc2c(c1)CC[C@@H]2NC(=O)COc1cc(C)c2c(C3CC3)nn(C)c2n1. The third kappa shape index (κ3) is 3.38. The Labute approximate surface area is 175 Å². The van der Waals surface area contributed by atoms with Gasteiger partial charge in [-0.1, -0.05) is 6.07 Å². The minimum absolute atomic E-state index is 0.0114. The van der Waals surface area contributed by atoms with Crippen LogP contribution in [0.2, 0.25) is 0 Å². The molecule has 1 fully saturated rings. The second-order valence-electron chi connectivity index (χ2n) is 8.27. The molecule has 0 saturated heterocycles. The molecular weight excluding hydrogens is 380 g/mol. The predicted molar refractivity (Wildman–Crippen MR) is 113 cm³/mol. The van der Waals surface area contributed by atoms with Gasteiger partial charge in [-0.05, 0) is 61.4 Å². The highest BCUT2D eigenvalue weighted by Crippen LogP contribution is 2.43. The summed E-state index contributed by atoms with van der Waals surface area (Å²) in [7, 11) is 3.57. The van der Waals surface area contributed by atoms with Crippen LogP contribution in [0.4, 0.5) is 0 Å². The fourth-order valence-corrected chi connectivity index (χ4v) is 4.40. The van der Waals surface area contributed by atoms with E-state index in [-0.39, 0.29) is 18.6 Å². The summed E-state index contributed by atoms with van der Waals surface area (Å²) >= 11 is 0. The van der Waals surface area contributed by atoms with Gasteiger partial charge in [-0.15, -0.1) is 0 Å². The van der Waals surface area contributed by atoms with Gasteiger partial charge in [-0.3, -0.25) is 9.48 Å². The highest BCUT2D eigenvalue weighted by molar-refractivity contribution is 5.84. The van der Waals surface area contributed by atoms with E-state index in [1.54, 1.807) is 7.11 Å². The van der Waals surface area contributed by atoms with Gasteiger partial charge >= 0.3 is 0 Å². The summed E-state index contributed by atoms with van der Waals surface area (Å²) < 4.78 is 12.8. The molecule has 7 heteroatoms. The lowest BCUT2D eigenvalue weighted by Crippen LogP contribution is -2.31. The molecular formula is C23H26N4O3. The molecule has 1 aromatic carbocycles. The zero-order chi connectivity index (χ0) is 20.8. The molecule has 2 aliphatic rings. The summed E-state index contributed by atoms with van der Waals surface area (Å²) in [6, 6.07) is 7.93. The number of hydrogen-bond acceptors (Lipinski definition) is 5. The third-order valence-corrected chi connectivity index (χ3v) is 6.07. The number of carbonyl (C=O) groups excluding carboxylic acids is 1. The molecule has 1 saturated carbocycles. The number of nitrogens with zero attached hydrogens (tertiary/aromatic N) is 3. The van der Waals surface area contributed by atoms with Crippen LogP contribution >= 0.6 is 0 Å². The summed E-state index contributed by atoms with van der Waals surface area (Å²) in [5.74, 6) is 1.71. The van der Waals surface area contributed by atoms with Crippen molar-refractivity contribution in [1.82, 2.24) is 20.1 Å².